The molecule has 4 rings (SSSR count). The molecule has 0 aliphatic carbocycles. The van der Waals surface area contributed by atoms with Gasteiger partial charge in [-0.25, -0.2) is 4.98 Å². The van der Waals surface area contributed by atoms with Crippen LogP contribution < -0.4 is 11.3 Å². The van der Waals surface area contributed by atoms with Gasteiger partial charge in [-0.1, -0.05) is 0 Å². The monoisotopic (exact) mass is 367 g/mol. The molecule has 0 radical (unpaired) electrons. The fourth-order valence-corrected chi connectivity index (χ4v) is 2.85. The van der Waals surface area contributed by atoms with Gasteiger partial charge in [0, 0.05) is 23.7 Å². The molecule has 26 heavy (non-hydrogen) atoms. The van der Waals surface area contributed by atoms with E-state index < -0.39 is 4.92 Å². The van der Waals surface area contributed by atoms with Crippen LogP contribution in [-0.2, 0) is 0 Å². The van der Waals surface area contributed by atoms with Crippen LogP contribution in [0.25, 0.3) is 27.6 Å². The first-order valence-corrected chi connectivity index (χ1v) is 7.69. The minimum Gasteiger partial charge on any atom is -0.373 e. The summed E-state index contributed by atoms with van der Waals surface area (Å²) in [6.07, 6.45) is 1.54. The normalized spacial score (nSPS) is 11.7. The number of nitrogens with zero attached hydrogens (tertiary/aromatic N) is 5. The number of aromatic nitrogens is 3. The molecule has 10 nitrogen and oxygen atoms in total. The van der Waals surface area contributed by atoms with Crippen LogP contribution in [0, 0.1) is 10.1 Å². The number of pyridine rings is 1. The van der Waals surface area contributed by atoms with Gasteiger partial charge in [-0.3, -0.25) is 19.3 Å². The number of H-pyrrole nitrogens is 1. The number of non-ortho nitro benzene ring substituents is 1. The van der Waals surface area contributed by atoms with E-state index in [1.807, 2.05) is 0 Å². The van der Waals surface area contributed by atoms with E-state index in [0.29, 0.717) is 21.9 Å². The average molecular weight is 367 g/mol. The first-order chi connectivity index (χ1) is 12.5. The van der Waals surface area contributed by atoms with Crippen molar-refractivity contribution in [2.45, 2.75) is 0 Å². The van der Waals surface area contributed by atoms with Crippen molar-refractivity contribution in [3.8, 4) is 0 Å². The average Bonchev–Trinajstić information content (AvgIpc) is 2.93. The molecule has 0 spiro atoms. The fraction of sp³-hybridized carbons (Fsp3) is 0. The minimum absolute atomic E-state index is 0.143. The number of thiocarbonyl (C=S) groups is 1. The highest BCUT2D eigenvalue weighted by atomic mass is 32.1. The first-order valence-electron chi connectivity index (χ1n) is 7.28. The van der Waals surface area contributed by atoms with Crippen molar-refractivity contribution in [3.05, 3.63) is 57.0 Å². The van der Waals surface area contributed by atoms with Crippen LogP contribution in [0.3, 0.4) is 0 Å². The van der Waals surface area contributed by atoms with Gasteiger partial charge in [-0.05, 0) is 30.4 Å². The van der Waals surface area contributed by atoms with E-state index in [9.17, 15) is 14.9 Å². The topological polar surface area (TPSA) is 144 Å². The molecule has 11 heteroatoms. The number of nitrogens with one attached hydrogen (secondary N) is 1. The molecule has 1 aromatic carbocycles. The Bertz CT molecular complexity index is 1320. The van der Waals surface area contributed by atoms with Crippen LogP contribution >= 0.6 is 12.2 Å². The van der Waals surface area contributed by atoms with Crippen molar-refractivity contribution >= 4 is 56.3 Å². The number of aromatic amines is 1. The molecule has 0 fully saturated rings. The van der Waals surface area contributed by atoms with Crippen LogP contribution in [0.15, 0.2) is 51.6 Å². The van der Waals surface area contributed by atoms with Gasteiger partial charge in [-0.15, -0.1) is 10.2 Å². The Morgan fingerprint density at radius 2 is 2.15 bits per heavy atom. The number of hydrogen-bond acceptors (Lipinski definition) is 6. The zero-order valence-electron chi connectivity index (χ0n) is 12.9. The maximum Gasteiger partial charge on any atom is 0.270 e. The Kier molecular flexibility index (Phi) is 3.44. The maximum absolute atomic E-state index is 12.9. The zero-order valence-corrected chi connectivity index (χ0v) is 13.7. The highest BCUT2D eigenvalue weighted by Gasteiger charge is 2.19. The Morgan fingerprint density at radius 3 is 2.88 bits per heavy atom. The van der Waals surface area contributed by atoms with Crippen molar-refractivity contribution in [2.24, 2.45) is 16.0 Å². The van der Waals surface area contributed by atoms with E-state index in [2.05, 4.69) is 20.2 Å². The van der Waals surface area contributed by atoms with Crippen LogP contribution in [0.5, 0.6) is 0 Å². The van der Waals surface area contributed by atoms with Gasteiger partial charge in [0.05, 0.1) is 15.8 Å². The highest BCUT2D eigenvalue weighted by molar-refractivity contribution is 7.80. The largest absolute Gasteiger partial charge is 0.373 e. The van der Waals surface area contributed by atoms with Gasteiger partial charge in [0.15, 0.2) is 0 Å². The second-order valence-corrected chi connectivity index (χ2v) is 5.78. The summed E-state index contributed by atoms with van der Waals surface area (Å²) in [6.45, 7) is 0. The second-order valence-electron chi connectivity index (χ2n) is 5.36. The van der Waals surface area contributed by atoms with Gasteiger partial charge < -0.3 is 10.7 Å². The van der Waals surface area contributed by atoms with E-state index in [0.717, 1.165) is 0 Å². The smallest absolute Gasteiger partial charge is 0.270 e. The van der Waals surface area contributed by atoms with Crippen molar-refractivity contribution < 1.29 is 4.92 Å². The molecule has 0 saturated heterocycles. The van der Waals surface area contributed by atoms with Crippen molar-refractivity contribution in [1.82, 2.24) is 14.4 Å². The summed E-state index contributed by atoms with van der Waals surface area (Å²) in [7, 11) is 0. The van der Waals surface area contributed by atoms with Gasteiger partial charge in [0.25, 0.3) is 11.2 Å². The number of rotatable bonds is 2. The number of nitrogens with two attached hydrogens (primary N) is 1. The lowest BCUT2D eigenvalue weighted by molar-refractivity contribution is -0.384. The van der Waals surface area contributed by atoms with E-state index in [4.69, 9.17) is 18.0 Å². The fourth-order valence-electron chi connectivity index (χ4n) is 2.81. The zero-order chi connectivity index (χ0) is 18.4. The molecule has 0 aliphatic rings. The predicted molar refractivity (Wildman–Crippen MR) is 98.8 cm³/mol. The molecule has 0 unspecified atom stereocenters. The Hall–Kier alpha value is -3.73. The first kappa shape index (κ1) is 15.8. The Labute approximate surface area is 149 Å². The van der Waals surface area contributed by atoms with Crippen LogP contribution in [-0.4, -0.2) is 24.4 Å². The summed E-state index contributed by atoms with van der Waals surface area (Å²) in [4.78, 5) is 30.7. The quantitative estimate of drug-likeness (QED) is 0.241. The summed E-state index contributed by atoms with van der Waals surface area (Å²) < 4.78 is 1.37. The summed E-state index contributed by atoms with van der Waals surface area (Å²) in [5.74, 6) is 0. The molecular weight excluding hydrogens is 358 g/mol. The number of nitro groups is 1. The molecule has 3 aromatic heterocycles. The van der Waals surface area contributed by atoms with E-state index in [1.54, 1.807) is 18.3 Å². The molecule has 0 bridgehead atoms. The van der Waals surface area contributed by atoms with Crippen LogP contribution in [0.1, 0.15) is 0 Å². The highest BCUT2D eigenvalue weighted by Crippen LogP contribution is 2.35. The number of nitro benzene ring substituents is 1. The SMILES string of the molecule is NC(=S)N=Nc1c2cc([N+](=O)[O-])ccc2n2c(=O)c3cccnc3[nH]c12. The molecule has 4 aromatic rings. The number of hydrogen-bond donors (Lipinski definition) is 2. The minimum atomic E-state index is -0.532. The standard InChI is InChI=1S/C15H9N7O3S/c16-15(26)20-19-11-9-6-7(22(24)25)3-4-10(9)21-13(11)18-12-8(14(21)23)2-1-5-17-12/h1-6H,(H2,16,26)(H,17,18). The van der Waals surface area contributed by atoms with Crippen molar-refractivity contribution in [2.75, 3.05) is 0 Å². The summed E-state index contributed by atoms with van der Waals surface area (Å²) >= 11 is 4.70. The third kappa shape index (κ3) is 2.29. The summed E-state index contributed by atoms with van der Waals surface area (Å²) in [5, 5.41) is 19.3. The number of fused-ring (bicyclic) bond motifs is 4. The summed E-state index contributed by atoms with van der Waals surface area (Å²) in [5.41, 5.74) is 6.18. The Morgan fingerprint density at radius 1 is 1.35 bits per heavy atom. The molecular formula is C15H9N7O3S. The molecule has 0 atom stereocenters. The van der Waals surface area contributed by atoms with Gasteiger partial charge in [0.2, 0.25) is 5.11 Å². The Balaban J connectivity index is 2.24. The van der Waals surface area contributed by atoms with E-state index >= 15 is 0 Å². The molecule has 3 N–H and O–H groups in total. The lowest BCUT2D eigenvalue weighted by Gasteiger charge is -2.00. The number of benzene rings is 1. The molecule has 0 amide bonds. The van der Waals surface area contributed by atoms with E-state index in [-0.39, 0.29) is 27.7 Å². The van der Waals surface area contributed by atoms with Gasteiger partial charge in [-0.2, -0.15) is 0 Å². The molecule has 0 saturated carbocycles. The second kappa shape index (κ2) is 5.67. The third-order valence-electron chi connectivity index (χ3n) is 3.86. The molecule has 0 aliphatic heterocycles. The van der Waals surface area contributed by atoms with Crippen molar-refractivity contribution in [3.63, 3.8) is 0 Å². The maximum atomic E-state index is 12.9. The molecule has 128 valence electrons. The third-order valence-corrected chi connectivity index (χ3v) is 3.94. The van der Waals surface area contributed by atoms with Gasteiger partial charge >= 0.3 is 0 Å². The van der Waals surface area contributed by atoms with Gasteiger partial charge in [0.1, 0.15) is 17.0 Å². The van der Waals surface area contributed by atoms with Crippen LogP contribution in [0.4, 0.5) is 11.4 Å². The van der Waals surface area contributed by atoms with Crippen LogP contribution in [0.2, 0.25) is 0 Å². The summed E-state index contributed by atoms with van der Waals surface area (Å²) in [6, 6.07) is 7.40. The van der Waals surface area contributed by atoms with Crippen molar-refractivity contribution in [1.29, 1.82) is 0 Å². The predicted octanol–water partition coefficient (Wildman–Crippen LogP) is 2.56. The lowest BCUT2D eigenvalue weighted by Crippen LogP contribution is -2.14. The number of azo groups is 1. The molecule has 3 heterocycles. The van der Waals surface area contributed by atoms with E-state index in [1.165, 1.54) is 22.6 Å². The lowest BCUT2D eigenvalue weighted by atomic mass is 10.2.